The van der Waals surface area contributed by atoms with E-state index in [-0.39, 0.29) is 6.61 Å². The lowest BCUT2D eigenvalue weighted by Gasteiger charge is -2.11. The molecular formula is C15H19N3O2S. The Bertz CT molecular complexity index is 587. The van der Waals surface area contributed by atoms with Crippen LogP contribution in [0.15, 0.2) is 40.4 Å². The van der Waals surface area contributed by atoms with Gasteiger partial charge in [0.2, 0.25) is 0 Å². The SMILES string of the molecule is Cc1cc(C)nc(Sc2cccc(NCC(O)CO)c2)n1. The molecule has 1 atom stereocenters. The van der Waals surface area contributed by atoms with Gasteiger partial charge in [-0.05, 0) is 49.9 Å². The van der Waals surface area contributed by atoms with Crippen molar-refractivity contribution in [3.05, 3.63) is 41.7 Å². The summed E-state index contributed by atoms with van der Waals surface area (Å²) in [6.45, 7) is 3.96. The number of nitrogens with zero attached hydrogens (tertiary/aromatic N) is 2. The number of hydrogen-bond donors (Lipinski definition) is 3. The second kappa shape index (κ2) is 7.40. The molecule has 1 unspecified atom stereocenters. The number of aliphatic hydroxyl groups is 2. The maximum Gasteiger partial charge on any atom is 0.192 e. The molecule has 1 aromatic heterocycles. The molecule has 21 heavy (non-hydrogen) atoms. The fraction of sp³-hybridized carbons (Fsp3) is 0.333. The predicted octanol–water partition coefficient (Wildman–Crippen LogP) is 2.01. The first-order valence-corrected chi connectivity index (χ1v) is 7.51. The largest absolute Gasteiger partial charge is 0.394 e. The van der Waals surface area contributed by atoms with Gasteiger partial charge in [0.15, 0.2) is 5.16 Å². The summed E-state index contributed by atoms with van der Waals surface area (Å²) in [7, 11) is 0. The summed E-state index contributed by atoms with van der Waals surface area (Å²) in [6, 6.07) is 9.74. The Morgan fingerprint density at radius 3 is 2.57 bits per heavy atom. The van der Waals surface area contributed by atoms with Crippen molar-refractivity contribution in [3.63, 3.8) is 0 Å². The number of hydrogen-bond acceptors (Lipinski definition) is 6. The van der Waals surface area contributed by atoms with Crippen LogP contribution >= 0.6 is 11.8 Å². The van der Waals surface area contributed by atoms with E-state index in [1.807, 2.05) is 44.2 Å². The van der Waals surface area contributed by atoms with Crippen LogP contribution in [0.4, 0.5) is 5.69 Å². The van der Waals surface area contributed by atoms with E-state index in [1.54, 1.807) is 0 Å². The zero-order valence-corrected chi connectivity index (χ0v) is 12.9. The minimum atomic E-state index is -0.760. The minimum Gasteiger partial charge on any atom is -0.394 e. The molecule has 0 aliphatic carbocycles. The second-order valence-electron chi connectivity index (χ2n) is 4.78. The van der Waals surface area contributed by atoms with E-state index >= 15 is 0 Å². The van der Waals surface area contributed by atoms with E-state index in [2.05, 4.69) is 15.3 Å². The number of anilines is 1. The highest BCUT2D eigenvalue weighted by molar-refractivity contribution is 7.99. The maximum atomic E-state index is 9.35. The van der Waals surface area contributed by atoms with Gasteiger partial charge in [0.05, 0.1) is 12.7 Å². The van der Waals surface area contributed by atoms with E-state index in [9.17, 15) is 5.11 Å². The van der Waals surface area contributed by atoms with Gasteiger partial charge in [-0.25, -0.2) is 9.97 Å². The van der Waals surface area contributed by atoms with E-state index in [1.165, 1.54) is 11.8 Å². The summed E-state index contributed by atoms with van der Waals surface area (Å²) >= 11 is 1.50. The Kier molecular flexibility index (Phi) is 5.55. The maximum absolute atomic E-state index is 9.35. The summed E-state index contributed by atoms with van der Waals surface area (Å²) in [5.41, 5.74) is 2.78. The van der Waals surface area contributed by atoms with Gasteiger partial charge >= 0.3 is 0 Å². The lowest BCUT2D eigenvalue weighted by atomic mass is 10.3. The molecule has 3 N–H and O–H groups in total. The summed E-state index contributed by atoms with van der Waals surface area (Å²) in [4.78, 5) is 9.83. The smallest absolute Gasteiger partial charge is 0.192 e. The van der Waals surface area contributed by atoms with Crippen LogP contribution in [0.25, 0.3) is 0 Å². The molecule has 0 aliphatic rings. The van der Waals surface area contributed by atoms with Crippen LogP contribution in [0.5, 0.6) is 0 Å². The van der Waals surface area contributed by atoms with Gasteiger partial charge < -0.3 is 15.5 Å². The Balaban J connectivity index is 2.06. The van der Waals surface area contributed by atoms with Crippen LogP contribution in [-0.4, -0.2) is 39.4 Å². The Morgan fingerprint density at radius 1 is 1.19 bits per heavy atom. The molecule has 2 aromatic rings. The number of aryl methyl sites for hydroxylation is 2. The highest BCUT2D eigenvalue weighted by Crippen LogP contribution is 2.27. The topological polar surface area (TPSA) is 78.3 Å². The van der Waals surface area contributed by atoms with Crippen molar-refractivity contribution in [1.29, 1.82) is 0 Å². The molecule has 2 rings (SSSR count). The summed E-state index contributed by atoms with van der Waals surface area (Å²) in [5.74, 6) is 0. The van der Waals surface area contributed by atoms with Crippen LogP contribution in [0.2, 0.25) is 0 Å². The molecule has 112 valence electrons. The highest BCUT2D eigenvalue weighted by atomic mass is 32.2. The van der Waals surface area contributed by atoms with E-state index in [0.717, 1.165) is 27.1 Å². The normalized spacial score (nSPS) is 12.2. The fourth-order valence-corrected chi connectivity index (χ4v) is 2.74. The first kappa shape index (κ1) is 15.8. The number of nitrogens with one attached hydrogen (secondary N) is 1. The monoisotopic (exact) mass is 305 g/mol. The second-order valence-corrected chi connectivity index (χ2v) is 5.82. The van der Waals surface area contributed by atoms with E-state index in [4.69, 9.17) is 5.11 Å². The van der Waals surface area contributed by atoms with Crippen molar-refractivity contribution in [2.45, 2.75) is 30.0 Å². The molecule has 0 bridgehead atoms. The molecule has 0 saturated carbocycles. The Morgan fingerprint density at radius 2 is 1.90 bits per heavy atom. The molecule has 0 saturated heterocycles. The summed E-state index contributed by atoms with van der Waals surface area (Å²) in [5, 5.41) is 22.0. The third-order valence-electron chi connectivity index (χ3n) is 2.76. The lowest BCUT2D eigenvalue weighted by Crippen LogP contribution is -2.22. The predicted molar refractivity (Wildman–Crippen MR) is 83.7 cm³/mol. The zero-order chi connectivity index (χ0) is 15.2. The van der Waals surface area contributed by atoms with Gasteiger partial charge in [-0.1, -0.05) is 6.07 Å². The van der Waals surface area contributed by atoms with Gasteiger partial charge in [-0.3, -0.25) is 0 Å². The van der Waals surface area contributed by atoms with Crippen LogP contribution in [0, 0.1) is 13.8 Å². The third kappa shape index (κ3) is 5.00. The Hall–Kier alpha value is -1.63. The molecule has 5 nitrogen and oxygen atoms in total. The molecule has 0 radical (unpaired) electrons. The third-order valence-corrected chi connectivity index (χ3v) is 3.61. The van der Waals surface area contributed by atoms with Crippen LogP contribution in [0.3, 0.4) is 0 Å². The molecule has 0 amide bonds. The van der Waals surface area contributed by atoms with Crippen LogP contribution in [-0.2, 0) is 0 Å². The standard InChI is InChI=1S/C15H19N3O2S/c1-10-6-11(2)18-15(17-10)21-14-5-3-4-12(7-14)16-8-13(20)9-19/h3-7,13,16,19-20H,8-9H2,1-2H3. The minimum absolute atomic E-state index is 0.252. The molecule has 1 heterocycles. The number of rotatable bonds is 6. The first-order valence-electron chi connectivity index (χ1n) is 6.70. The average Bonchev–Trinajstić information content (AvgIpc) is 2.44. The number of aromatic nitrogens is 2. The van der Waals surface area contributed by atoms with Crippen molar-refractivity contribution < 1.29 is 10.2 Å². The van der Waals surface area contributed by atoms with Crippen LogP contribution < -0.4 is 5.32 Å². The highest BCUT2D eigenvalue weighted by Gasteiger charge is 2.05. The molecule has 0 fully saturated rings. The van der Waals surface area contributed by atoms with Crippen molar-refractivity contribution >= 4 is 17.4 Å². The molecule has 1 aromatic carbocycles. The van der Waals surface area contributed by atoms with Crippen LogP contribution in [0.1, 0.15) is 11.4 Å². The molecule has 6 heteroatoms. The number of benzene rings is 1. The molecule has 0 aliphatic heterocycles. The van der Waals surface area contributed by atoms with Gasteiger partial charge in [-0.2, -0.15) is 0 Å². The number of aliphatic hydroxyl groups excluding tert-OH is 2. The van der Waals surface area contributed by atoms with Crippen molar-refractivity contribution in [1.82, 2.24) is 9.97 Å². The van der Waals surface area contributed by atoms with E-state index < -0.39 is 6.10 Å². The molecule has 0 spiro atoms. The molecular weight excluding hydrogens is 286 g/mol. The van der Waals surface area contributed by atoms with Gasteiger partial charge in [0, 0.05) is 28.5 Å². The quantitative estimate of drug-likeness (QED) is 0.709. The van der Waals surface area contributed by atoms with Gasteiger partial charge in [-0.15, -0.1) is 0 Å². The average molecular weight is 305 g/mol. The van der Waals surface area contributed by atoms with Gasteiger partial charge in [0.25, 0.3) is 0 Å². The van der Waals surface area contributed by atoms with Crippen molar-refractivity contribution in [2.75, 3.05) is 18.5 Å². The van der Waals surface area contributed by atoms with E-state index in [0.29, 0.717) is 6.54 Å². The summed E-state index contributed by atoms with van der Waals surface area (Å²) in [6.07, 6.45) is -0.760. The zero-order valence-electron chi connectivity index (χ0n) is 12.1. The summed E-state index contributed by atoms with van der Waals surface area (Å²) < 4.78 is 0. The fourth-order valence-electron chi connectivity index (χ4n) is 1.81. The lowest BCUT2D eigenvalue weighted by molar-refractivity contribution is 0.105. The van der Waals surface area contributed by atoms with Crippen molar-refractivity contribution in [3.8, 4) is 0 Å². The Labute approximate surface area is 128 Å². The van der Waals surface area contributed by atoms with Crippen molar-refractivity contribution in [2.24, 2.45) is 0 Å². The van der Waals surface area contributed by atoms with Gasteiger partial charge in [0.1, 0.15) is 0 Å². The first-order chi connectivity index (χ1) is 10.1.